The number of benzene rings is 2. The quantitative estimate of drug-likeness (QED) is 0.728. The highest BCUT2D eigenvalue weighted by Crippen LogP contribution is 2.13. The molecule has 0 saturated heterocycles. The molecule has 0 radical (unpaired) electrons. The van der Waals surface area contributed by atoms with E-state index >= 15 is 0 Å². The third kappa shape index (κ3) is 4.57. The number of ether oxygens (including phenoxy) is 1. The summed E-state index contributed by atoms with van der Waals surface area (Å²) in [5, 5.41) is 5.20. The van der Waals surface area contributed by atoms with E-state index in [-0.39, 0.29) is 5.91 Å². The van der Waals surface area contributed by atoms with E-state index in [2.05, 4.69) is 15.4 Å². The van der Waals surface area contributed by atoms with Gasteiger partial charge in [0.2, 0.25) is 0 Å². The zero-order chi connectivity index (χ0) is 17.5. The van der Waals surface area contributed by atoms with Crippen molar-refractivity contribution in [3.8, 4) is 0 Å². The van der Waals surface area contributed by atoms with Crippen molar-refractivity contribution < 1.29 is 19.1 Å². The first-order chi connectivity index (χ1) is 11.5. The zero-order valence-corrected chi connectivity index (χ0v) is 13.0. The molecule has 0 unspecified atom stereocenters. The topological polar surface area (TPSA) is 111 Å². The monoisotopic (exact) mass is 327 g/mol. The van der Waals surface area contributed by atoms with Crippen LogP contribution in [0.4, 0.5) is 10.5 Å². The van der Waals surface area contributed by atoms with Crippen LogP contribution in [0.25, 0.3) is 0 Å². The molecule has 0 saturated carbocycles. The van der Waals surface area contributed by atoms with Gasteiger partial charge in [-0.25, -0.2) is 9.59 Å². The minimum Gasteiger partial charge on any atom is -0.465 e. The molecule has 3 amide bonds. The number of amides is 3. The Hall–Kier alpha value is -3.35. The standard InChI is InChI=1S/C17H17N3O4/c1-24-16(22)13-6-8-14(9-7-13)20-15(21)12-4-2-11(3-5-12)10-19-17(18)23/h2-9H,10H2,1H3,(H,20,21)(H3,18,19,23). The number of primary amides is 1. The first-order valence-electron chi connectivity index (χ1n) is 7.11. The van der Waals surface area contributed by atoms with Gasteiger partial charge in [-0.1, -0.05) is 12.1 Å². The average Bonchev–Trinajstić information content (AvgIpc) is 2.60. The van der Waals surface area contributed by atoms with Crippen LogP contribution in [0.1, 0.15) is 26.3 Å². The Morgan fingerprint density at radius 1 is 0.958 bits per heavy atom. The van der Waals surface area contributed by atoms with E-state index in [1.165, 1.54) is 7.11 Å². The van der Waals surface area contributed by atoms with Gasteiger partial charge >= 0.3 is 12.0 Å². The average molecular weight is 327 g/mol. The molecule has 0 spiro atoms. The second-order valence-corrected chi connectivity index (χ2v) is 4.94. The van der Waals surface area contributed by atoms with Crippen LogP contribution in [-0.2, 0) is 11.3 Å². The summed E-state index contributed by atoms with van der Waals surface area (Å²) in [6, 6.07) is 12.5. The molecule has 0 aromatic heterocycles. The minimum absolute atomic E-state index is 0.282. The summed E-state index contributed by atoms with van der Waals surface area (Å²) in [4.78, 5) is 34.2. The van der Waals surface area contributed by atoms with Gasteiger partial charge in [-0.2, -0.15) is 0 Å². The molecule has 0 bridgehead atoms. The molecule has 2 aromatic rings. The Morgan fingerprint density at radius 3 is 2.08 bits per heavy atom. The van der Waals surface area contributed by atoms with E-state index in [9.17, 15) is 14.4 Å². The van der Waals surface area contributed by atoms with Gasteiger partial charge in [0.1, 0.15) is 0 Å². The van der Waals surface area contributed by atoms with Crippen LogP contribution in [0, 0.1) is 0 Å². The molecule has 7 heteroatoms. The molecule has 0 aliphatic heterocycles. The normalized spacial score (nSPS) is 9.88. The number of anilines is 1. The highest BCUT2D eigenvalue weighted by Gasteiger charge is 2.08. The highest BCUT2D eigenvalue weighted by atomic mass is 16.5. The van der Waals surface area contributed by atoms with Crippen molar-refractivity contribution >= 4 is 23.6 Å². The van der Waals surface area contributed by atoms with Gasteiger partial charge in [0, 0.05) is 17.8 Å². The lowest BCUT2D eigenvalue weighted by Crippen LogP contribution is -2.28. The molecule has 0 aliphatic carbocycles. The molecule has 124 valence electrons. The van der Waals surface area contributed by atoms with Gasteiger partial charge in [-0.15, -0.1) is 0 Å². The second kappa shape index (κ2) is 7.77. The minimum atomic E-state index is -0.604. The summed E-state index contributed by atoms with van der Waals surface area (Å²) in [6.45, 7) is 0.298. The number of rotatable bonds is 5. The Kier molecular flexibility index (Phi) is 5.51. The highest BCUT2D eigenvalue weighted by molar-refractivity contribution is 6.04. The lowest BCUT2D eigenvalue weighted by molar-refractivity contribution is 0.0600. The third-order valence-electron chi connectivity index (χ3n) is 3.25. The van der Waals surface area contributed by atoms with E-state index in [0.717, 1.165) is 5.56 Å². The van der Waals surface area contributed by atoms with Crippen LogP contribution in [0.15, 0.2) is 48.5 Å². The fourth-order valence-corrected chi connectivity index (χ4v) is 1.97. The largest absolute Gasteiger partial charge is 0.465 e. The SMILES string of the molecule is COC(=O)c1ccc(NC(=O)c2ccc(CNC(N)=O)cc2)cc1. The molecule has 2 rings (SSSR count). The number of urea groups is 1. The molecule has 0 atom stereocenters. The van der Waals surface area contributed by atoms with Crippen LogP contribution < -0.4 is 16.4 Å². The molecular formula is C17H17N3O4. The van der Waals surface area contributed by atoms with Gasteiger partial charge in [0.15, 0.2) is 0 Å². The lowest BCUT2D eigenvalue weighted by atomic mass is 10.1. The van der Waals surface area contributed by atoms with Gasteiger partial charge < -0.3 is 21.1 Å². The Morgan fingerprint density at radius 2 is 1.54 bits per heavy atom. The summed E-state index contributed by atoms with van der Waals surface area (Å²) in [7, 11) is 1.31. The molecule has 0 heterocycles. The summed E-state index contributed by atoms with van der Waals surface area (Å²) in [5.41, 5.74) is 7.26. The maximum Gasteiger partial charge on any atom is 0.337 e. The Labute approximate surface area is 138 Å². The second-order valence-electron chi connectivity index (χ2n) is 4.94. The van der Waals surface area contributed by atoms with Crippen LogP contribution in [0.5, 0.6) is 0 Å². The summed E-state index contributed by atoms with van der Waals surface area (Å²) < 4.78 is 4.61. The van der Waals surface area contributed by atoms with E-state index in [4.69, 9.17) is 5.73 Å². The summed E-state index contributed by atoms with van der Waals surface area (Å²) >= 11 is 0. The van der Waals surface area contributed by atoms with Crippen molar-refractivity contribution in [1.29, 1.82) is 0 Å². The first kappa shape index (κ1) is 17.0. The van der Waals surface area contributed by atoms with E-state index < -0.39 is 12.0 Å². The van der Waals surface area contributed by atoms with Crippen molar-refractivity contribution in [3.63, 3.8) is 0 Å². The molecular weight excluding hydrogens is 310 g/mol. The number of nitrogens with one attached hydrogen (secondary N) is 2. The number of esters is 1. The van der Waals surface area contributed by atoms with Gasteiger partial charge in [-0.3, -0.25) is 4.79 Å². The maximum absolute atomic E-state index is 12.2. The number of hydrogen-bond donors (Lipinski definition) is 3. The fraction of sp³-hybridized carbons (Fsp3) is 0.118. The van der Waals surface area contributed by atoms with Crippen LogP contribution >= 0.6 is 0 Å². The van der Waals surface area contributed by atoms with E-state index in [0.29, 0.717) is 23.4 Å². The van der Waals surface area contributed by atoms with E-state index in [1.54, 1.807) is 48.5 Å². The van der Waals surface area contributed by atoms with Gasteiger partial charge in [0.05, 0.1) is 12.7 Å². The maximum atomic E-state index is 12.2. The van der Waals surface area contributed by atoms with Crippen molar-refractivity contribution in [3.05, 3.63) is 65.2 Å². The number of methoxy groups -OCH3 is 1. The lowest BCUT2D eigenvalue weighted by Gasteiger charge is -2.07. The van der Waals surface area contributed by atoms with Crippen LogP contribution in [0.3, 0.4) is 0 Å². The molecule has 4 N–H and O–H groups in total. The molecule has 7 nitrogen and oxygen atoms in total. The van der Waals surface area contributed by atoms with Crippen molar-refractivity contribution in [2.24, 2.45) is 5.73 Å². The Bertz CT molecular complexity index is 739. The van der Waals surface area contributed by atoms with Gasteiger partial charge in [-0.05, 0) is 42.0 Å². The van der Waals surface area contributed by atoms with Crippen molar-refractivity contribution in [1.82, 2.24) is 5.32 Å². The smallest absolute Gasteiger partial charge is 0.337 e. The molecule has 2 aromatic carbocycles. The predicted octanol–water partition coefficient (Wildman–Crippen LogP) is 1.89. The molecule has 24 heavy (non-hydrogen) atoms. The predicted molar refractivity (Wildman–Crippen MR) is 88.6 cm³/mol. The van der Waals surface area contributed by atoms with Crippen LogP contribution in [0.2, 0.25) is 0 Å². The third-order valence-corrected chi connectivity index (χ3v) is 3.25. The number of carbonyl (C=O) groups excluding carboxylic acids is 3. The summed E-state index contributed by atoms with van der Waals surface area (Å²) in [5.74, 6) is -0.719. The van der Waals surface area contributed by atoms with E-state index in [1.807, 2.05) is 0 Å². The van der Waals surface area contributed by atoms with Crippen LogP contribution in [-0.4, -0.2) is 25.0 Å². The Balaban J connectivity index is 1.99. The number of nitrogens with two attached hydrogens (primary N) is 1. The molecule has 0 fully saturated rings. The number of hydrogen-bond acceptors (Lipinski definition) is 4. The number of carbonyl (C=O) groups is 3. The summed E-state index contributed by atoms with van der Waals surface area (Å²) in [6.07, 6.45) is 0. The van der Waals surface area contributed by atoms with Crippen molar-refractivity contribution in [2.75, 3.05) is 12.4 Å². The fourth-order valence-electron chi connectivity index (χ4n) is 1.97. The first-order valence-corrected chi connectivity index (χ1v) is 7.11. The molecule has 0 aliphatic rings. The van der Waals surface area contributed by atoms with Gasteiger partial charge in [0.25, 0.3) is 5.91 Å². The zero-order valence-electron chi connectivity index (χ0n) is 13.0. The van der Waals surface area contributed by atoms with Crippen molar-refractivity contribution in [2.45, 2.75) is 6.54 Å².